The minimum atomic E-state index is 0.220. The fraction of sp³-hybridized carbons (Fsp3) is 0.929. The molecule has 5 heteroatoms. The number of rotatable bonds is 3. The van der Waals surface area contributed by atoms with Crippen LogP contribution in [-0.4, -0.2) is 48.8 Å². The van der Waals surface area contributed by atoms with Gasteiger partial charge >= 0.3 is 0 Å². The second kappa shape index (κ2) is 6.46. The predicted octanol–water partition coefficient (Wildman–Crippen LogP) is 1.16. The molecule has 2 heterocycles. The van der Waals surface area contributed by atoms with Crippen molar-refractivity contribution in [3.05, 3.63) is 0 Å². The van der Waals surface area contributed by atoms with E-state index >= 15 is 0 Å². The zero-order valence-electron chi connectivity index (χ0n) is 11.4. The van der Waals surface area contributed by atoms with Crippen LogP contribution >= 0.6 is 11.8 Å². The first kappa shape index (κ1) is 13.7. The summed E-state index contributed by atoms with van der Waals surface area (Å²) in [7, 11) is 0. The maximum Gasteiger partial charge on any atom is 0.221 e. The molecule has 4 unspecified atom stereocenters. The topological polar surface area (TPSA) is 50.4 Å². The fourth-order valence-electron chi connectivity index (χ4n) is 3.60. The lowest BCUT2D eigenvalue weighted by molar-refractivity contribution is -0.123. The molecule has 2 N–H and O–H groups in total. The van der Waals surface area contributed by atoms with Crippen LogP contribution in [0.25, 0.3) is 0 Å². The Morgan fingerprint density at radius 1 is 1.37 bits per heavy atom. The largest absolute Gasteiger partial charge is 0.378 e. The summed E-state index contributed by atoms with van der Waals surface area (Å²) in [6.45, 7) is 1.91. The highest BCUT2D eigenvalue weighted by atomic mass is 32.2. The number of nitrogens with one attached hydrogen (secondary N) is 2. The van der Waals surface area contributed by atoms with Gasteiger partial charge in [0.2, 0.25) is 5.91 Å². The summed E-state index contributed by atoms with van der Waals surface area (Å²) in [5, 5.41) is 6.70. The molecular weight excluding hydrogens is 260 g/mol. The van der Waals surface area contributed by atoms with Crippen LogP contribution in [-0.2, 0) is 9.53 Å². The number of ether oxygens (including phenoxy) is 1. The zero-order chi connectivity index (χ0) is 13.1. The molecule has 0 aromatic carbocycles. The molecule has 0 aromatic rings. The van der Waals surface area contributed by atoms with Crippen LogP contribution in [0.4, 0.5) is 0 Å². The van der Waals surface area contributed by atoms with E-state index in [0.717, 1.165) is 31.7 Å². The predicted molar refractivity (Wildman–Crippen MR) is 77.4 cm³/mol. The van der Waals surface area contributed by atoms with E-state index in [4.69, 9.17) is 4.74 Å². The molecule has 108 valence electrons. The fourth-order valence-corrected chi connectivity index (χ4v) is 4.54. The van der Waals surface area contributed by atoms with Gasteiger partial charge in [-0.3, -0.25) is 4.79 Å². The van der Waals surface area contributed by atoms with E-state index in [0.29, 0.717) is 30.5 Å². The van der Waals surface area contributed by atoms with Gasteiger partial charge < -0.3 is 15.4 Å². The van der Waals surface area contributed by atoms with E-state index < -0.39 is 0 Å². The van der Waals surface area contributed by atoms with Crippen LogP contribution in [0, 0.1) is 5.92 Å². The Hall–Kier alpha value is -0.260. The molecule has 3 fully saturated rings. The van der Waals surface area contributed by atoms with Crippen LogP contribution < -0.4 is 10.6 Å². The van der Waals surface area contributed by atoms with E-state index in [2.05, 4.69) is 10.6 Å². The highest BCUT2D eigenvalue weighted by Gasteiger charge is 2.38. The maximum atomic E-state index is 12.2. The molecule has 0 aromatic heterocycles. The lowest BCUT2D eigenvalue weighted by Crippen LogP contribution is -2.48. The van der Waals surface area contributed by atoms with Crippen molar-refractivity contribution in [2.75, 3.05) is 24.7 Å². The molecule has 2 saturated heterocycles. The molecular formula is C14H24N2O2S. The Morgan fingerprint density at radius 2 is 2.32 bits per heavy atom. The van der Waals surface area contributed by atoms with Crippen LogP contribution in [0.5, 0.6) is 0 Å². The summed E-state index contributed by atoms with van der Waals surface area (Å²) in [4.78, 5) is 12.2. The molecule has 2 aliphatic heterocycles. The van der Waals surface area contributed by atoms with Gasteiger partial charge in [-0.05, 0) is 25.7 Å². The third-order valence-corrected chi connectivity index (χ3v) is 5.69. The molecule has 3 rings (SSSR count). The maximum absolute atomic E-state index is 12.2. The SMILES string of the molecule is O=C(CC1CSCCN1)NC1CCCC2OCCC12. The first-order chi connectivity index (χ1) is 9.33. The van der Waals surface area contributed by atoms with Gasteiger partial charge in [0.1, 0.15) is 0 Å². The smallest absolute Gasteiger partial charge is 0.221 e. The molecule has 1 saturated carbocycles. The van der Waals surface area contributed by atoms with Gasteiger partial charge in [-0.2, -0.15) is 11.8 Å². The summed E-state index contributed by atoms with van der Waals surface area (Å²) >= 11 is 1.94. The van der Waals surface area contributed by atoms with Gasteiger partial charge in [0.15, 0.2) is 0 Å². The molecule has 0 bridgehead atoms. The van der Waals surface area contributed by atoms with Crippen LogP contribution in [0.1, 0.15) is 32.1 Å². The number of carbonyl (C=O) groups excluding carboxylic acids is 1. The summed E-state index contributed by atoms with van der Waals surface area (Å²) in [5.74, 6) is 3.01. The van der Waals surface area contributed by atoms with Crippen molar-refractivity contribution in [1.82, 2.24) is 10.6 Å². The summed E-state index contributed by atoms with van der Waals surface area (Å²) < 4.78 is 5.75. The molecule has 1 aliphatic carbocycles. The second-order valence-corrected chi connectivity index (χ2v) is 7.05. The van der Waals surface area contributed by atoms with Gasteiger partial charge in [-0.25, -0.2) is 0 Å². The van der Waals surface area contributed by atoms with E-state index in [9.17, 15) is 4.79 Å². The van der Waals surface area contributed by atoms with E-state index in [1.807, 2.05) is 11.8 Å². The first-order valence-corrected chi connectivity index (χ1v) is 8.70. The third-order valence-electron chi connectivity index (χ3n) is 4.56. The molecule has 4 nitrogen and oxygen atoms in total. The van der Waals surface area contributed by atoms with E-state index in [1.54, 1.807) is 0 Å². The lowest BCUT2D eigenvalue weighted by atomic mass is 9.81. The minimum Gasteiger partial charge on any atom is -0.378 e. The van der Waals surface area contributed by atoms with Crippen molar-refractivity contribution in [1.29, 1.82) is 0 Å². The standard InChI is InChI=1S/C14H24N2O2S/c17-14(8-10-9-19-7-5-15-10)16-12-2-1-3-13-11(12)4-6-18-13/h10-13,15H,1-9H2,(H,16,17). The zero-order valence-corrected chi connectivity index (χ0v) is 12.2. The van der Waals surface area contributed by atoms with Gasteiger partial charge in [-0.1, -0.05) is 0 Å². The highest BCUT2D eigenvalue weighted by Crippen LogP contribution is 2.34. The van der Waals surface area contributed by atoms with Crippen molar-refractivity contribution < 1.29 is 9.53 Å². The minimum absolute atomic E-state index is 0.220. The van der Waals surface area contributed by atoms with E-state index in [-0.39, 0.29) is 5.91 Å². The van der Waals surface area contributed by atoms with Gasteiger partial charge in [0, 0.05) is 49.1 Å². The van der Waals surface area contributed by atoms with Crippen LogP contribution in [0.3, 0.4) is 0 Å². The number of amides is 1. The van der Waals surface area contributed by atoms with E-state index in [1.165, 1.54) is 18.6 Å². The lowest BCUT2D eigenvalue weighted by Gasteiger charge is -2.33. The quantitative estimate of drug-likeness (QED) is 0.816. The van der Waals surface area contributed by atoms with Crippen LogP contribution in [0.15, 0.2) is 0 Å². The van der Waals surface area contributed by atoms with Crippen molar-refractivity contribution in [2.45, 2.75) is 50.3 Å². The monoisotopic (exact) mass is 284 g/mol. The number of thioether (sulfide) groups is 1. The Kier molecular flexibility index (Phi) is 4.66. The Labute approximate surface area is 119 Å². The molecule has 0 radical (unpaired) electrons. The van der Waals surface area contributed by atoms with Crippen LogP contribution in [0.2, 0.25) is 0 Å². The average molecular weight is 284 g/mol. The van der Waals surface area contributed by atoms with Gasteiger partial charge in [0.05, 0.1) is 6.10 Å². The summed E-state index contributed by atoms with van der Waals surface area (Å²) in [5.41, 5.74) is 0. The third kappa shape index (κ3) is 3.44. The van der Waals surface area contributed by atoms with Gasteiger partial charge in [-0.15, -0.1) is 0 Å². The Balaban J connectivity index is 1.48. The highest BCUT2D eigenvalue weighted by molar-refractivity contribution is 7.99. The number of fused-ring (bicyclic) bond motifs is 1. The molecule has 1 amide bonds. The molecule has 0 spiro atoms. The molecule has 4 atom stereocenters. The average Bonchev–Trinajstić information content (AvgIpc) is 2.89. The molecule has 19 heavy (non-hydrogen) atoms. The first-order valence-electron chi connectivity index (χ1n) is 7.55. The van der Waals surface area contributed by atoms with Crippen molar-refractivity contribution >= 4 is 17.7 Å². The molecule has 3 aliphatic rings. The van der Waals surface area contributed by atoms with Crippen molar-refractivity contribution in [3.63, 3.8) is 0 Å². The Morgan fingerprint density at radius 3 is 3.16 bits per heavy atom. The second-order valence-electron chi connectivity index (χ2n) is 5.90. The summed E-state index contributed by atoms with van der Waals surface area (Å²) in [6, 6.07) is 0.711. The Bertz CT molecular complexity index is 321. The van der Waals surface area contributed by atoms with Gasteiger partial charge in [0.25, 0.3) is 0 Å². The number of carbonyl (C=O) groups is 1. The van der Waals surface area contributed by atoms with Crippen molar-refractivity contribution in [3.8, 4) is 0 Å². The normalized spacial score (nSPS) is 38.7. The number of hydrogen-bond donors (Lipinski definition) is 2. The van der Waals surface area contributed by atoms with Crippen molar-refractivity contribution in [2.24, 2.45) is 5.92 Å². The summed E-state index contributed by atoms with van der Waals surface area (Å²) in [6.07, 6.45) is 5.64. The number of hydrogen-bond acceptors (Lipinski definition) is 4.